The molecular weight excluding hydrogens is 747 g/mol. The number of allylic oxidation sites excluding steroid dienone is 10. The van der Waals surface area contributed by atoms with Crippen molar-refractivity contribution in [3.63, 3.8) is 0 Å². The fraction of sp³-hybridized carbons (Fsp3) is 0.275. The number of imidazole rings is 1. The fourth-order valence-electron chi connectivity index (χ4n) is 6.47. The molecule has 0 N–H and O–H groups in total. The minimum absolute atomic E-state index is 0.149. The number of nitriles is 1. The summed E-state index contributed by atoms with van der Waals surface area (Å²) in [6, 6.07) is 26.2. The second-order valence-electron chi connectivity index (χ2n) is 14.9. The lowest BCUT2D eigenvalue weighted by molar-refractivity contribution is -0.114. The van der Waals surface area contributed by atoms with Gasteiger partial charge in [-0.15, -0.1) is 0 Å². The van der Waals surface area contributed by atoms with Crippen molar-refractivity contribution in [2.75, 3.05) is 11.5 Å². The number of aryl methyl sites for hydroxylation is 1. The van der Waals surface area contributed by atoms with E-state index >= 15 is 0 Å². The van der Waals surface area contributed by atoms with Crippen molar-refractivity contribution in [1.29, 1.82) is 5.26 Å². The van der Waals surface area contributed by atoms with Crippen molar-refractivity contribution in [2.45, 2.75) is 71.6 Å². The highest BCUT2D eigenvalue weighted by molar-refractivity contribution is 7.99. The number of rotatable bonds is 17. The van der Waals surface area contributed by atoms with Gasteiger partial charge in [-0.3, -0.25) is 23.9 Å². The Hall–Kier alpha value is -6.04. The third-order valence-corrected chi connectivity index (χ3v) is 11.0. The first kappa shape index (κ1) is 44.1. The predicted molar refractivity (Wildman–Crippen MR) is 250 cm³/mol. The van der Waals surface area contributed by atoms with Crippen molar-refractivity contribution in [3.8, 4) is 22.9 Å². The average molecular weight is 802 g/mol. The van der Waals surface area contributed by atoms with E-state index in [0.29, 0.717) is 5.75 Å². The highest BCUT2D eigenvalue weighted by Crippen LogP contribution is 2.31. The second kappa shape index (κ2) is 22.2. The van der Waals surface area contributed by atoms with E-state index in [-0.39, 0.29) is 11.5 Å². The molecule has 0 aliphatic rings. The normalized spacial score (nSPS) is 12.2. The molecule has 3 aromatic heterocycles. The van der Waals surface area contributed by atoms with Gasteiger partial charge in [-0.2, -0.15) is 17.0 Å². The number of nitrogens with zero attached hydrogens (tertiary/aromatic N) is 5. The number of para-hydroxylation sites is 1. The quantitative estimate of drug-likeness (QED) is 0.0673. The monoisotopic (exact) mass is 801 g/mol. The second-order valence-corrected chi connectivity index (χ2v) is 16.0. The summed E-state index contributed by atoms with van der Waals surface area (Å²) in [5.41, 5.74) is 6.20. The van der Waals surface area contributed by atoms with E-state index in [1.807, 2.05) is 74.6 Å². The summed E-state index contributed by atoms with van der Waals surface area (Å²) in [5.74, 6) is 1.94. The van der Waals surface area contributed by atoms with Crippen molar-refractivity contribution >= 4 is 50.4 Å². The smallest absolute Gasteiger partial charge is 0.299 e. The van der Waals surface area contributed by atoms with Crippen LogP contribution in [0.25, 0.3) is 49.7 Å². The molecular formula is C51H55N5O2S. The van der Waals surface area contributed by atoms with Crippen LogP contribution < -0.4 is 5.69 Å². The zero-order valence-corrected chi connectivity index (χ0v) is 35.8. The van der Waals surface area contributed by atoms with Crippen LogP contribution in [0.4, 0.5) is 0 Å². The Balaban J connectivity index is 0.000000251. The number of benzene rings is 3. The van der Waals surface area contributed by atoms with Crippen molar-refractivity contribution in [2.24, 2.45) is 7.05 Å². The largest absolute Gasteiger partial charge is 0.333 e. The number of Topliss-reactive ketones (excluding diaryl/α,β-unsaturated/α-hetero) is 1. The number of pyridine rings is 2. The van der Waals surface area contributed by atoms with Crippen LogP contribution in [0.1, 0.15) is 71.8 Å². The van der Waals surface area contributed by atoms with Gasteiger partial charge in [0.1, 0.15) is 5.78 Å². The SMILES string of the molecule is CC/C=C\C/C=C\C/C=C\C/C=C\C/C=C\CCSCC(C)=O.Cn1c(=O)n(-c2ccc(C(C)(C)C#N)cc2)c2c3cc(-c4cnc5ccccc5c4)ccc3ncc21. The Labute approximate surface area is 353 Å². The van der Waals surface area contributed by atoms with Gasteiger partial charge in [0.05, 0.1) is 51.2 Å². The zero-order chi connectivity index (χ0) is 42.0. The van der Waals surface area contributed by atoms with Crippen LogP contribution in [0.15, 0.2) is 151 Å². The van der Waals surface area contributed by atoms with Gasteiger partial charge in [0, 0.05) is 29.6 Å². The Morgan fingerprint density at radius 3 is 2.05 bits per heavy atom. The van der Waals surface area contributed by atoms with E-state index in [1.165, 1.54) is 0 Å². The van der Waals surface area contributed by atoms with Crippen LogP contribution in [0.5, 0.6) is 0 Å². The number of hydrogen-bond acceptors (Lipinski definition) is 6. The van der Waals surface area contributed by atoms with Gasteiger partial charge in [-0.05, 0) is 113 Å². The molecule has 6 rings (SSSR count). The fourth-order valence-corrected chi connectivity index (χ4v) is 7.21. The van der Waals surface area contributed by atoms with E-state index in [2.05, 4.69) is 102 Å². The number of ketones is 1. The number of hydrogen-bond donors (Lipinski definition) is 0. The van der Waals surface area contributed by atoms with E-state index in [0.717, 1.165) is 99.5 Å². The molecule has 0 unspecified atom stereocenters. The van der Waals surface area contributed by atoms with Crippen molar-refractivity contribution in [1.82, 2.24) is 19.1 Å². The molecule has 302 valence electrons. The lowest BCUT2D eigenvalue weighted by Gasteiger charge is -2.16. The summed E-state index contributed by atoms with van der Waals surface area (Å²) < 4.78 is 3.35. The summed E-state index contributed by atoms with van der Waals surface area (Å²) in [5, 5.41) is 11.5. The first-order chi connectivity index (χ1) is 28.6. The highest BCUT2D eigenvalue weighted by atomic mass is 32.2. The van der Waals surface area contributed by atoms with E-state index in [4.69, 9.17) is 0 Å². The molecule has 0 radical (unpaired) electrons. The van der Waals surface area contributed by atoms with Gasteiger partial charge < -0.3 is 0 Å². The third-order valence-electron chi connectivity index (χ3n) is 9.83. The van der Waals surface area contributed by atoms with Crippen molar-refractivity contribution in [3.05, 3.63) is 162 Å². The van der Waals surface area contributed by atoms with Crippen LogP contribution in [0.3, 0.4) is 0 Å². The maximum Gasteiger partial charge on any atom is 0.333 e. The lowest BCUT2D eigenvalue weighted by Crippen LogP contribution is -2.21. The molecule has 0 aliphatic carbocycles. The number of thioether (sulfide) groups is 1. The maximum atomic E-state index is 13.4. The zero-order valence-electron chi connectivity index (χ0n) is 35.0. The molecule has 59 heavy (non-hydrogen) atoms. The van der Waals surface area contributed by atoms with Crippen LogP contribution in [-0.4, -0.2) is 36.4 Å². The van der Waals surface area contributed by atoms with Crippen molar-refractivity contribution < 1.29 is 4.79 Å². The van der Waals surface area contributed by atoms with Crippen LogP contribution >= 0.6 is 11.8 Å². The van der Waals surface area contributed by atoms with Crippen LogP contribution in [-0.2, 0) is 17.3 Å². The highest BCUT2D eigenvalue weighted by Gasteiger charge is 2.21. The Kier molecular flexibility index (Phi) is 16.6. The summed E-state index contributed by atoms with van der Waals surface area (Å²) in [4.78, 5) is 33.4. The summed E-state index contributed by atoms with van der Waals surface area (Å²) >= 11 is 1.71. The minimum atomic E-state index is -0.609. The first-order valence-electron chi connectivity index (χ1n) is 20.3. The number of carbonyl (C=O) groups excluding carboxylic acids is 1. The van der Waals surface area contributed by atoms with E-state index < -0.39 is 5.41 Å². The average Bonchev–Trinajstić information content (AvgIpc) is 3.51. The third kappa shape index (κ3) is 12.2. The summed E-state index contributed by atoms with van der Waals surface area (Å²) in [6.45, 7) is 7.56. The van der Waals surface area contributed by atoms with Gasteiger partial charge in [0.15, 0.2) is 0 Å². The predicted octanol–water partition coefficient (Wildman–Crippen LogP) is 12.3. The van der Waals surface area contributed by atoms with E-state index in [9.17, 15) is 14.9 Å². The molecule has 3 aromatic carbocycles. The molecule has 0 amide bonds. The molecule has 0 bridgehead atoms. The molecule has 0 aliphatic heterocycles. The molecule has 0 saturated heterocycles. The molecule has 3 heterocycles. The molecule has 0 atom stereocenters. The molecule has 0 spiro atoms. The maximum absolute atomic E-state index is 13.4. The topological polar surface area (TPSA) is 93.6 Å². The molecule has 0 saturated carbocycles. The standard InChI is InChI=1S/C30H23N5O.C21H32OS/c1-30(2,18-31)22-9-11-23(12-10-22)35-28-24-15-19(21-14-20-6-4-5-7-25(20)32-16-21)8-13-26(24)33-17-27(28)34(3)29(35)36;1-3-4-5-6-7-8-9-10-11-12-13-14-15-16-17-18-19-23-20-21(2)22/h4-17H,1-3H3;4-5,7-8,10-11,13-14,16-17H,3,6,9,12,15,18-20H2,1-2H3/b;5-4-,8-7-,11-10-,14-13-,17-16-. The lowest BCUT2D eigenvalue weighted by atomic mass is 9.86. The summed E-state index contributed by atoms with van der Waals surface area (Å²) in [7, 11) is 1.76. The Bertz CT molecular complexity index is 2600. The Morgan fingerprint density at radius 2 is 1.41 bits per heavy atom. The van der Waals surface area contributed by atoms with E-state index in [1.54, 1.807) is 41.1 Å². The van der Waals surface area contributed by atoms with Gasteiger partial charge in [0.25, 0.3) is 0 Å². The van der Waals surface area contributed by atoms with Gasteiger partial charge in [-0.25, -0.2) is 4.79 Å². The number of carbonyl (C=O) groups is 1. The summed E-state index contributed by atoms with van der Waals surface area (Å²) in [6.07, 6.45) is 31.9. The molecule has 0 fully saturated rings. The molecule has 7 nitrogen and oxygen atoms in total. The Morgan fingerprint density at radius 1 is 0.780 bits per heavy atom. The molecule has 8 heteroatoms. The van der Waals surface area contributed by atoms with Crippen LogP contribution in [0, 0.1) is 11.3 Å². The minimum Gasteiger partial charge on any atom is -0.299 e. The van der Waals surface area contributed by atoms with Gasteiger partial charge in [0.2, 0.25) is 0 Å². The number of fused-ring (bicyclic) bond motifs is 4. The van der Waals surface area contributed by atoms with Gasteiger partial charge >= 0.3 is 5.69 Å². The van der Waals surface area contributed by atoms with Crippen LogP contribution in [0.2, 0.25) is 0 Å². The first-order valence-corrected chi connectivity index (χ1v) is 21.5. The van der Waals surface area contributed by atoms with Gasteiger partial charge in [-0.1, -0.05) is 104 Å². The number of aromatic nitrogens is 4. The molecule has 6 aromatic rings.